The highest BCUT2D eigenvalue weighted by Crippen LogP contribution is 2.40. The Morgan fingerprint density at radius 2 is 2.12 bits per heavy atom. The molecule has 3 nitrogen and oxygen atoms in total. The predicted octanol–water partition coefficient (Wildman–Crippen LogP) is 1.76. The van der Waals surface area contributed by atoms with Gasteiger partial charge in [0, 0.05) is 25.2 Å². The summed E-state index contributed by atoms with van der Waals surface area (Å²) in [5.74, 6) is 0. The number of likely N-dealkylation sites (tertiary alicyclic amines) is 1. The molecule has 0 aliphatic carbocycles. The topological polar surface area (TPSA) is 38.5 Å². The Morgan fingerprint density at radius 1 is 1.38 bits per heavy atom. The van der Waals surface area contributed by atoms with E-state index in [9.17, 15) is 0 Å². The zero-order valence-corrected chi connectivity index (χ0v) is 10.9. The van der Waals surface area contributed by atoms with Crippen molar-refractivity contribution >= 4 is 0 Å². The predicted molar refractivity (Wildman–Crippen MR) is 66.4 cm³/mol. The van der Waals surface area contributed by atoms with E-state index in [1.165, 1.54) is 19.3 Å². The van der Waals surface area contributed by atoms with Crippen molar-refractivity contribution in [2.45, 2.75) is 70.2 Å². The number of hydrogen-bond acceptors (Lipinski definition) is 3. The Hall–Kier alpha value is -0.120. The average Bonchev–Trinajstić information content (AvgIpc) is 2.83. The molecule has 0 aromatic carbocycles. The van der Waals surface area contributed by atoms with Gasteiger partial charge in [0.2, 0.25) is 0 Å². The number of nitrogens with two attached hydrogens (primary N) is 1. The molecule has 2 aliphatic rings. The maximum atomic E-state index is 6.10. The Bertz CT molecular complexity index is 246. The molecule has 0 amide bonds. The quantitative estimate of drug-likeness (QED) is 0.797. The van der Waals surface area contributed by atoms with E-state index in [1.807, 2.05) is 0 Å². The summed E-state index contributed by atoms with van der Waals surface area (Å²) in [5, 5.41) is 0. The van der Waals surface area contributed by atoms with Crippen LogP contribution in [-0.4, -0.2) is 41.8 Å². The van der Waals surface area contributed by atoms with E-state index in [1.54, 1.807) is 0 Å². The minimum Gasteiger partial charge on any atom is -0.376 e. The van der Waals surface area contributed by atoms with E-state index in [0.29, 0.717) is 12.1 Å². The van der Waals surface area contributed by atoms with Crippen LogP contribution in [0, 0.1) is 0 Å². The molecule has 2 aliphatic heterocycles. The van der Waals surface area contributed by atoms with Gasteiger partial charge in [0.05, 0.1) is 11.6 Å². The van der Waals surface area contributed by atoms with Gasteiger partial charge in [-0.15, -0.1) is 0 Å². The first-order valence-corrected chi connectivity index (χ1v) is 6.75. The van der Waals surface area contributed by atoms with Crippen LogP contribution in [0.25, 0.3) is 0 Å². The van der Waals surface area contributed by atoms with Gasteiger partial charge in [-0.1, -0.05) is 6.92 Å². The summed E-state index contributed by atoms with van der Waals surface area (Å²) in [4.78, 5) is 2.69. The van der Waals surface area contributed by atoms with Crippen LogP contribution < -0.4 is 5.73 Å². The molecule has 0 aromatic heterocycles. The lowest BCUT2D eigenvalue weighted by Crippen LogP contribution is -2.61. The molecule has 94 valence electrons. The fraction of sp³-hybridized carbons (Fsp3) is 1.00. The fourth-order valence-electron chi connectivity index (χ4n) is 3.76. The molecule has 4 atom stereocenters. The zero-order chi connectivity index (χ0) is 11.8. The molecule has 0 bridgehead atoms. The van der Waals surface area contributed by atoms with Gasteiger partial charge in [-0.3, -0.25) is 4.90 Å². The lowest BCUT2D eigenvalue weighted by Gasteiger charge is -2.46. The maximum absolute atomic E-state index is 6.10. The summed E-state index contributed by atoms with van der Waals surface area (Å²) in [7, 11) is 0. The lowest BCUT2D eigenvalue weighted by atomic mass is 9.88. The van der Waals surface area contributed by atoms with Crippen molar-refractivity contribution in [2.24, 2.45) is 5.73 Å². The fourth-order valence-corrected chi connectivity index (χ4v) is 3.76. The van der Waals surface area contributed by atoms with Crippen molar-refractivity contribution in [1.29, 1.82) is 0 Å². The number of hydrogen-bond donors (Lipinski definition) is 1. The molecule has 16 heavy (non-hydrogen) atoms. The summed E-state index contributed by atoms with van der Waals surface area (Å²) in [6, 6.07) is 1.38. The summed E-state index contributed by atoms with van der Waals surface area (Å²) in [5.41, 5.74) is 6.20. The Labute approximate surface area is 99.3 Å². The molecule has 0 radical (unpaired) electrons. The van der Waals surface area contributed by atoms with E-state index < -0.39 is 0 Å². The number of ether oxygens (including phenoxy) is 1. The third-order valence-electron chi connectivity index (χ3n) is 4.78. The molecular formula is C13H26N2O. The van der Waals surface area contributed by atoms with E-state index in [2.05, 4.69) is 25.7 Å². The molecular weight excluding hydrogens is 200 g/mol. The van der Waals surface area contributed by atoms with Gasteiger partial charge in [0.1, 0.15) is 0 Å². The van der Waals surface area contributed by atoms with E-state index in [-0.39, 0.29) is 11.6 Å². The molecule has 0 spiro atoms. The van der Waals surface area contributed by atoms with Gasteiger partial charge in [0.15, 0.2) is 0 Å². The van der Waals surface area contributed by atoms with E-state index in [4.69, 9.17) is 10.5 Å². The Kier molecular flexibility index (Phi) is 3.57. The normalized spacial score (nSPS) is 45.4. The summed E-state index contributed by atoms with van der Waals surface area (Å²) < 4.78 is 5.79. The third-order valence-corrected chi connectivity index (χ3v) is 4.78. The molecule has 2 heterocycles. The zero-order valence-electron chi connectivity index (χ0n) is 10.9. The maximum Gasteiger partial charge on any atom is 0.0744 e. The van der Waals surface area contributed by atoms with Gasteiger partial charge in [-0.2, -0.15) is 0 Å². The van der Waals surface area contributed by atoms with Crippen molar-refractivity contribution < 1.29 is 4.74 Å². The summed E-state index contributed by atoms with van der Waals surface area (Å²) in [6.07, 6.45) is 5.26. The van der Waals surface area contributed by atoms with Gasteiger partial charge in [0.25, 0.3) is 0 Å². The first-order valence-electron chi connectivity index (χ1n) is 6.75. The van der Waals surface area contributed by atoms with Crippen molar-refractivity contribution in [3.05, 3.63) is 0 Å². The number of nitrogens with zero attached hydrogens (tertiary/aromatic N) is 1. The number of rotatable bonds is 3. The standard InChI is InChI=1S/C13H26N2O/c1-4-12-6-5-10(2)15(12)13(9-14)7-8-16-11(13)3/h10-12H,4-9,14H2,1-3H3. The SMILES string of the molecule is CCC1CCC(C)N1C1(CN)CCOC1C. The molecule has 2 N–H and O–H groups in total. The lowest BCUT2D eigenvalue weighted by molar-refractivity contribution is -0.0120. The second kappa shape index (κ2) is 4.63. The third kappa shape index (κ3) is 1.69. The monoisotopic (exact) mass is 226 g/mol. The van der Waals surface area contributed by atoms with Gasteiger partial charge in [-0.25, -0.2) is 0 Å². The highest BCUT2D eigenvalue weighted by atomic mass is 16.5. The molecule has 4 unspecified atom stereocenters. The largest absolute Gasteiger partial charge is 0.376 e. The molecule has 0 saturated carbocycles. The first-order chi connectivity index (χ1) is 7.65. The van der Waals surface area contributed by atoms with Crippen LogP contribution >= 0.6 is 0 Å². The van der Waals surface area contributed by atoms with Gasteiger partial charge in [-0.05, 0) is 39.5 Å². The molecule has 2 saturated heterocycles. The minimum absolute atomic E-state index is 0.108. The Balaban J connectivity index is 2.25. The van der Waals surface area contributed by atoms with Crippen LogP contribution in [0.3, 0.4) is 0 Å². The van der Waals surface area contributed by atoms with E-state index >= 15 is 0 Å². The molecule has 0 aromatic rings. The highest BCUT2D eigenvalue weighted by molar-refractivity contribution is 5.06. The van der Waals surface area contributed by atoms with Crippen LogP contribution in [0.2, 0.25) is 0 Å². The molecule has 2 rings (SSSR count). The summed E-state index contributed by atoms with van der Waals surface area (Å²) in [6.45, 7) is 8.43. The van der Waals surface area contributed by atoms with Crippen LogP contribution in [0.5, 0.6) is 0 Å². The molecule has 2 fully saturated rings. The van der Waals surface area contributed by atoms with Crippen molar-refractivity contribution in [3.8, 4) is 0 Å². The van der Waals surface area contributed by atoms with Gasteiger partial charge >= 0.3 is 0 Å². The summed E-state index contributed by atoms with van der Waals surface area (Å²) >= 11 is 0. The second-order valence-electron chi connectivity index (χ2n) is 5.47. The van der Waals surface area contributed by atoms with Crippen molar-refractivity contribution in [1.82, 2.24) is 4.90 Å². The van der Waals surface area contributed by atoms with Crippen LogP contribution in [0.1, 0.15) is 46.5 Å². The first kappa shape index (κ1) is 12.3. The van der Waals surface area contributed by atoms with E-state index in [0.717, 1.165) is 19.6 Å². The smallest absolute Gasteiger partial charge is 0.0744 e. The highest BCUT2D eigenvalue weighted by Gasteiger charge is 2.50. The van der Waals surface area contributed by atoms with Crippen molar-refractivity contribution in [3.63, 3.8) is 0 Å². The van der Waals surface area contributed by atoms with Crippen molar-refractivity contribution in [2.75, 3.05) is 13.2 Å². The van der Waals surface area contributed by atoms with Crippen LogP contribution in [0.4, 0.5) is 0 Å². The minimum atomic E-state index is 0.108. The van der Waals surface area contributed by atoms with Gasteiger partial charge < -0.3 is 10.5 Å². The second-order valence-corrected chi connectivity index (χ2v) is 5.47. The van der Waals surface area contributed by atoms with Crippen LogP contribution in [-0.2, 0) is 4.74 Å². The average molecular weight is 226 g/mol. The van der Waals surface area contributed by atoms with Crippen LogP contribution in [0.15, 0.2) is 0 Å². The molecule has 3 heteroatoms. The Morgan fingerprint density at radius 3 is 2.62 bits per heavy atom.